The largest absolute Gasteiger partial charge is 0.347 e. The van der Waals surface area contributed by atoms with Gasteiger partial charge in [0.05, 0.1) is 6.54 Å². The normalized spacial score (nSPS) is 15.7. The maximum absolute atomic E-state index is 12.4. The van der Waals surface area contributed by atoms with Crippen molar-refractivity contribution in [2.24, 2.45) is 5.73 Å². The molecule has 1 atom stereocenters. The lowest BCUT2D eigenvalue weighted by Crippen LogP contribution is -2.48. The van der Waals surface area contributed by atoms with Crippen molar-refractivity contribution in [1.82, 2.24) is 20.1 Å². The lowest BCUT2D eigenvalue weighted by Gasteiger charge is -2.24. The van der Waals surface area contributed by atoms with Crippen LogP contribution < -0.4 is 11.1 Å². The zero-order valence-corrected chi connectivity index (χ0v) is 14.4. The Balaban J connectivity index is 0.00000132. The number of benzene rings is 1. The molecule has 1 unspecified atom stereocenters. The minimum atomic E-state index is -1.06. The molecule has 1 fully saturated rings. The second-order valence-corrected chi connectivity index (χ2v) is 5.64. The van der Waals surface area contributed by atoms with Crippen molar-refractivity contribution in [3.8, 4) is 0 Å². The summed E-state index contributed by atoms with van der Waals surface area (Å²) in [5.41, 5.74) is 5.90. The average Bonchev–Trinajstić information content (AvgIpc) is 3.24. The summed E-state index contributed by atoms with van der Waals surface area (Å²) in [6.45, 7) is 2.05. The molecule has 1 aromatic carbocycles. The summed E-state index contributed by atoms with van der Waals surface area (Å²) in [4.78, 5) is 12.4. The Hall–Kier alpha value is -1.63. The van der Waals surface area contributed by atoms with Gasteiger partial charge in [-0.15, -0.1) is 35.0 Å². The van der Waals surface area contributed by atoms with Crippen LogP contribution in [0.4, 0.5) is 0 Å². The Bertz CT molecular complexity index is 640. The number of nitrogens with two attached hydrogens (primary N) is 1. The van der Waals surface area contributed by atoms with E-state index >= 15 is 0 Å². The van der Waals surface area contributed by atoms with Gasteiger partial charge in [0.1, 0.15) is 11.9 Å². The molecule has 1 aliphatic carbocycles. The van der Waals surface area contributed by atoms with E-state index in [0.717, 1.165) is 24.2 Å². The molecule has 0 bridgehead atoms. The van der Waals surface area contributed by atoms with Crippen LogP contribution in [0.25, 0.3) is 0 Å². The highest BCUT2D eigenvalue weighted by Gasteiger charge is 2.31. The second-order valence-electron chi connectivity index (χ2n) is 5.64. The number of rotatable bonds is 5. The van der Waals surface area contributed by atoms with Crippen molar-refractivity contribution >= 4 is 30.7 Å². The van der Waals surface area contributed by atoms with Crippen LogP contribution in [0.3, 0.4) is 0 Å². The quantitative estimate of drug-likeness (QED) is 0.856. The third kappa shape index (κ3) is 4.22. The van der Waals surface area contributed by atoms with Gasteiger partial charge in [-0.1, -0.05) is 30.3 Å². The molecular weight excluding hydrogens is 337 g/mol. The Morgan fingerprint density at radius 1 is 1.35 bits per heavy atom. The van der Waals surface area contributed by atoms with E-state index in [1.165, 1.54) is 0 Å². The molecule has 3 rings (SSSR count). The first-order chi connectivity index (χ1) is 10.1. The number of nitrogens with zero attached hydrogens (tertiary/aromatic N) is 3. The van der Waals surface area contributed by atoms with Gasteiger partial charge in [0.25, 0.3) is 0 Å². The highest BCUT2D eigenvalue weighted by molar-refractivity contribution is 5.87. The van der Waals surface area contributed by atoms with Gasteiger partial charge in [-0.25, -0.2) is 0 Å². The molecule has 126 valence electrons. The zero-order valence-electron chi connectivity index (χ0n) is 12.8. The first-order valence-corrected chi connectivity index (χ1v) is 7.10. The van der Waals surface area contributed by atoms with Crippen molar-refractivity contribution < 1.29 is 4.79 Å². The molecule has 0 saturated heterocycles. The van der Waals surface area contributed by atoms with Crippen molar-refractivity contribution in [2.45, 2.75) is 37.9 Å². The maximum Gasteiger partial charge on any atom is 0.244 e. The van der Waals surface area contributed by atoms with Crippen LogP contribution in [0, 0.1) is 0 Å². The molecule has 0 aliphatic heterocycles. The molecule has 8 heteroatoms. The van der Waals surface area contributed by atoms with Crippen molar-refractivity contribution in [3.05, 3.63) is 48.0 Å². The van der Waals surface area contributed by atoms with E-state index in [1.807, 2.05) is 34.9 Å². The van der Waals surface area contributed by atoms with Gasteiger partial charge in [-0.05, 0) is 25.3 Å². The topological polar surface area (TPSA) is 85.8 Å². The summed E-state index contributed by atoms with van der Waals surface area (Å²) in [7, 11) is 0. The first kappa shape index (κ1) is 19.4. The van der Waals surface area contributed by atoms with E-state index in [4.69, 9.17) is 5.73 Å². The molecule has 23 heavy (non-hydrogen) atoms. The summed E-state index contributed by atoms with van der Waals surface area (Å²) in [5.74, 6) is 0.550. The monoisotopic (exact) mass is 357 g/mol. The molecule has 1 heterocycles. The number of aromatic nitrogens is 3. The fraction of sp³-hybridized carbons (Fsp3) is 0.400. The lowest BCUT2D eigenvalue weighted by atomic mass is 9.92. The van der Waals surface area contributed by atoms with Gasteiger partial charge < -0.3 is 15.6 Å². The van der Waals surface area contributed by atoms with Crippen LogP contribution in [0.2, 0.25) is 0 Å². The van der Waals surface area contributed by atoms with Gasteiger partial charge in [0.15, 0.2) is 5.82 Å². The first-order valence-electron chi connectivity index (χ1n) is 7.10. The van der Waals surface area contributed by atoms with Crippen LogP contribution in [-0.2, 0) is 16.9 Å². The van der Waals surface area contributed by atoms with Crippen molar-refractivity contribution in [1.29, 1.82) is 0 Å². The average molecular weight is 358 g/mol. The minimum absolute atomic E-state index is 0. The number of carbonyl (C=O) groups excluding carboxylic acids is 1. The molecule has 0 radical (unpaired) electrons. The summed E-state index contributed by atoms with van der Waals surface area (Å²) in [6.07, 6.45) is 4.02. The molecular formula is C15H21Cl2N5O. The molecule has 1 amide bonds. The van der Waals surface area contributed by atoms with Crippen LogP contribution in [0.1, 0.15) is 37.2 Å². The van der Waals surface area contributed by atoms with E-state index in [2.05, 4.69) is 15.5 Å². The predicted octanol–water partition coefficient (Wildman–Crippen LogP) is 1.95. The second kappa shape index (κ2) is 7.77. The van der Waals surface area contributed by atoms with E-state index in [0.29, 0.717) is 12.6 Å². The summed E-state index contributed by atoms with van der Waals surface area (Å²) >= 11 is 0. The highest BCUT2D eigenvalue weighted by atomic mass is 35.5. The highest BCUT2D eigenvalue weighted by Crippen LogP contribution is 2.35. The zero-order chi connectivity index (χ0) is 14.9. The molecule has 6 nitrogen and oxygen atoms in total. The third-order valence-electron chi connectivity index (χ3n) is 3.84. The minimum Gasteiger partial charge on any atom is -0.347 e. The summed E-state index contributed by atoms with van der Waals surface area (Å²) in [6, 6.07) is 9.84. The number of nitrogens with one attached hydrogen (secondary N) is 1. The molecule has 3 N–H and O–H groups in total. The van der Waals surface area contributed by atoms with E-state index in [9.17, 15) is 4.79 Å². The molecule has 0 spiro atoms. The molecule has 1 aromatic heterocycles. The van der Waals surface area contributed by atoms with Gasteiger partial charge >= 0.3 is 0 Å². The van der Waals surface area contributed by atoms with Crippen LogP contribution in [0.15, 0.2) is 36.7 Å². The van der Waals surface area contributed by atoms with Crippen LogP contribution in [0.5, 0.6) is 0 Å². The number of halogens is 2. The molecule has 1 saturated carbocycles. The number of hydrogen-bond donors (Lipinski definition) is 2. The summed E-state index contributed by atoms with van der Waals surface area (Å²) in [5, 5.41) is 10.8. The fourth-order valence-corrected chi connectivity index (χ4v) is 2.31. The molecule has 1 aliphatic rings. The van der Waals surface area contributed by atoms with E-state index < -0.39 is 5.54 Å². The molecule has 2 aromatic rings. The maximum atomic E-state index is 12.4. The lowest BCUT2D eigenvalue weighted by molar-refractivity contribution is -0.126. The predicted molar refractivity (Wildman–Crippen MR) is 92.6 cm³/mol. The van der Waals surface area contributed by atoms with E-state index in [1.54, 1.807) is 13.3 Å². The van der Waals surface area contributed by atoms with Gasteiger partial charge in [-0.3, -0.25) is 4.79 Å². The number of hydrogen-bond acceptors (Lipinski definition) is 4. The SMILES string of the molecule is CC(N)(C(=O)NCc1nncn1C1CC1)c1ccccc1.Cl.Cl. The van der Waals surface area contributed by atoms with Crippen molar-refractivity contribution in [3.63, 3.8) is 0 Å². The van der Waals surface area contributed by atoms with Crippen LogP contribution >= 0.6 is 24.8 Å². The number of amides is 1. The van der Waals surface area contributed by atoms with Gasteiger partial charge in [-0.2, -0.15) is 0 Å². The summed E-state index contributed by atoms with van der Waals surface area (Å²) < 4.78 is 2.02. The van der Waals surface area contributed by atoms with Crippen LogP contribution in [-0.4, -0.2) is 20.7 Å². The van der Waals surface area contributed by atoms with Crippen molar-refractivity contribution in [2.75, 3.05) is 0 Å². The third-order valence-corrected chi connectivity index (χ3v) is 3.84. The Morgan fingerprint density at radius 2 is 2.00 bits per heavy atom. The van der Waals surface area contributed by atoms with Gasteiger partial charge in [0.2, 0.25) is 5.91 Å². The Morgan fingerprint density at radius 3 is 2.61 bits per heavy atom. The Kier molecular flexibility index (Phi) is 6.56. The van der Waals surface area contributed by atoms with Gasteiger partial charge in [0, 0.05) is 6.04 Å². The standard InChI is InChI=1S/C15H19N5O.2ClH/c1-15(16,11-5-3-2-4-6-11)14(21)17-9-13-19-18-10-20(13)12-7-8-12;;/h2-6,10,12H,7-9,16H2,1H3,(H,17,21);2*1H. The Labute approximate surface area is 147 Å². The fourth-order valence-electron chi connectivity index (χ4n) is 2.31. The van der Waals surface area contributed by atoms with E-state index in [-0.39, 0.29) is 30.7 Å². The number of carbonyl (C=O) groups is 1. The smallest absolute Gasteiger partial charge is 0.244 e.